The van der Waals surface area contributed by atoms with Gasteiger partial charge in [-0.1, -0.05) is 0 Å². The van der Waals surface area contributed by atoms with Crippen LogP contribution in [0, 0.1) is 18.7 Å². The number of imidazole rings is 1. The Balaban J connectivity index is 1.34. The van der Waals surface area contributed by atoms with E-state index in [4.69, 9.17) is 0 Å². The van der Waals surface area contributed by atoms with Gasteiger partial charge in [0.1, 0.15) is 11.6 Å². The van der Waals surface area contributed by atoms with Gasteiger partial charge in [0, 0.05) is 20.0 Å². The lowest BCUT2D eigenvalue weighted by Gasteiger charge is -2.31. The van der Waals surface area contributed by atoms with E-state index in [0.717, 1.165) is 60.6 Å². The Bertz CT molecular complexity index is 994. The molecule has 2 aromatic heterocycles. The number of rotatable bonds is 5. The first-order chi connectivity index (χ1) is 13.5. The van der Waals surface area contributed by atoms with Crippen LogP contribution >= 0.6 is 0 Å². The molecule has 2 N–H and O–H groups in total. The largest absolute Gasteiger partial charge is 0.342 e. The summed E-state index contributed by atoms with van der Waals surface area (Å²) < 4.78 is 15.1. The van der Waals surface area contributed by atoms with Crippen LogP contribution in [0.15, 0.2) is 24.4 Å². The highest BCUT2D eigenvalue weighted by molar-refractivity contribution is 5.92. The van der Waals surface area contributed by atoms with Crippen LogP contribution in [-0.2, 0) is 18.3 Å². The molecular weight excluding hydrogens is 359 g/mol. The van der Waals surface area contributed by atoms with Gasteiger partial charge in [-0.3, -0.25) is 14.4 Å². The SMILES string of the molecule is Cc1c(NC(=O)CN2CCC[C@@H](Cc3nc4ccc(F)cc4[nH]3)C2)cnn1C. The average Bonchev–Trinajstić information content (AvgIpc) is 3.19. The van der Waals surface area contributed by atoms with Crippen molar-refractivity contribution in [2.45, 2.75) is 26.2 Å². The van der Waals surface area contributed by atoms with Crippen molar-refractivity contribution in [3.63, 3.8) is 0 Å². The minimum Gasteiger partial charge on any atom is -0.342 e. The second-order valence-corrected chi connectivity index (χ2v) is 7.61. The van der Waals surface area contributed by atoms with Crippen LogP contribution in [0.25, 0.3) is 11.0 Å². The number of piperidine rings is 1. The van der Waals surface area contributed by atoms with Gasteiger partial charge in [-0.05, 0) is 50.4 Å². The molecule has 1 saturated heterocycles. The number of anilines is 1. The van der Waals surface area contributed by atoms with Gasteiger partial charge < -0.3 is 10.3 Å². The molecule has 0 bridgehead atoms. The predicted octanol–water partition coefficient (Wildman–Crippen LogP) is 2.64. The van der Waals surface area contributed by atoms with Gasteiger partial charge in [0.2, 0.25) is 5.91 Å². The number of halogens is 1. The normalized spacial score (nSPS) is 17.9. The number of H-pyrrole nitrogens is 1. The van der Waals surface area contributed by atoms with E-state index < -0.39 is 0 Å². The predicted molar refractivity (Wildman–Crippen MR) is 105 cm³/mol. The molecule has 4 rings (SSSR count). The smallest absolute Gasteiger partial charge is 0.238 e. The molecular formula is C20H25FN6O. The van der Waals surface area contributed by atoms with Crippen LogP contribution in [-0.4, -0.2) is 50.2 Å². The number of aryl methyl sites for hydroxylation is 1. The van der Waals surface area contributed by atoms with Crippen LogP contribution in [0.2, 0.25) is 0 Å². The van der Waals surface area contributed by atoms with Crippen LogP contribution in [0.5, 0.6) is 0 Å². The molecule has 7 nitrogen and oxygen atoms in total. The number of nitrogens with zero attached hydrogens (tertiary/aromatic N) is 4. The van der Waals surface area contributed by atoms with Gasteiger partial charge in [0.15, 0.2) is 0 Å². The van der Waals surface area contributed by atoms with E-state index >= 15 is 0 Å². The third-order valence-corrected chi connectivity index (χ3v) is 5.45. The lowest BCUT2D eigenvalue weighted by Crippen LogP contribution is -2.41. The van der Waals surface area contributed by atoms with E-state index in [-0.39, 0.29) is 11.7 Å². The average molecular weight is 384 g/mol. The fraction of sp³-hybridized carbons (Fsp3) is 0.450. The van der Waals surface area contributed by atoms with E-state index in [1.807, 2.05) is 14.0 Å². The fourth-order valence-electron chi connectivity index (χ4n) is 3.88. The van der Waals surface area contributed by atoms with Crippen molar-refractivity contribution in [1.29, 1.82) is 0 Å². The number of amides is 1. The van der Waals surface area contributed by atoms with Gasteiger partial charge in [0.25, 0.3) is 0 Å². The van der Waals surface area contributed by atoms with E-state index in [1.165, 1.54) is 12.1 Å². The molecule has 1 aromatic carbocycles. The van der Waals surface area contributed by atoms with Crippen LogP contribution in [0.4, 0.5) is 10.1 Å². The van der Waals surface area contributed by atoms with Crippen molar-refractivity contribution < 1.29 is 9.18 Å². The summed E-state index contributed by atoms with van der Waals surface area (Å²) in [6.07, 6.45) is 4.64. The van der Waals surface area contributed by atoms with E-state index in [9.17, 15) is 9.18 Å². The Morgan fingerprint density at radius 2 is 2.29 bits per heavy atom. The molecule has 0 aliphatic carbocycles. The number of hydrogen-bond donors (Lipinski definition) is 2. The third kappa shape index (κ3) is 4.06. The van der Waals surface area contributed by atoms with E-state index in [1.54, 1.807) is 16.9 Å². The number of fused-ring (bicyclic) bond motifs is 1. The van der Waals surface area contributed by atoms with Gasteiger partial charge >= 0.3 is 0 Å². The monoisotopic (exact) mass is 384 g/mol. The second-order valence-electron chi connectivity index (χ2n) is 7.61. The topological polar surface area (TPSA) is 78.8 Å². The molecule has 0 unspecified atom stereocenters. The summed E-state index contributed by atoms with van der Waals surface area (Å²) in [5.74, 6) is 1.02. The summed E-state index contributed by atoms with van der Waals surface area (Å²) in [5.41, 5.74) is 3.21. The maximum absolute atomic E-state index is 13.4. The van der Waals surface area contributed by atoms with Crippen LogP contribution < -0.4 is 5.32 Å². The van der Waals surface area contributed by atoms with Gasteiger partial charge in [-0.25, -0.2) is 9.37 Å². The van der Waals surface area contributed by atoms with E-state index in [2.05, 4.69) is 25.3 Å². The molecule has 28 heavy (non-hydrogen) atoms. The Kier molecular flexibility index (Phi) is 5.13. The highest BCUT2D eigenvalue weighted by Crippen LogP contribution is 2.22. The molecule has 1 atom stereocenters. The first kappa shape index (κ1) is 18.6. The summed E-state index contributed by atoms with van der Waals surface area (Å²) >= 11 is 0. The van der Waals surface area contributed by atoms with Crippen molar-refractivity contribution in [3.8, 4) is 0 Å². The minimum absolute atomic E-state index is 0.0176. The van der Waals surface area contributed by atoms with Crippen LogP contribution in [0.1, 0.15) is 24.4 Å². The number of hydrogen-bond acceptors (Lipinski definition) is 4. The Morgan fingerprint density at radius 3 is 3.07 bits per heavy atom. The molecule has 1 amide bonds. The Labute approximate surface area is 162 Å². The molecule has 3 heterocycles. The molecule has 1 aliphatic heterocycles. The van der Waals surface area contributed by atoms with Crippen molar-refractivity contribution in [2.75, 3.05) is 25.0 Å². The van der Waals surface area contributed by atoms with Gasteiger partial charge in [0.05, 0.1) is 35.2 Å². The molecule has 8 heteroatoms. The maximum Gasteiger partial charge on any atom is 0.238 e. The lowest BCUT2D eigenvalue weighted by atomic mass is 9.94. The van der Waals surface area contributed by atoms with Crippen molar-refractivity contribution >= 4 is 22.6 Å². The number of carbonyl (C=O) groups excluding carboxylic acids is 1. The number of aromatic nitrogens is 4. The zero-order valence-corrected chi connectivity index (χ0v) is 16.2. The van der Waals surface area contributed by atoms with Gasteiger partial charge in [-0.15, -0.1) is 0 Å². The Hall–Kier alpha value is -2.74. The first-order valence-corrected chi connectivity index (χ1v) is 9.63. The first-order valence-electron chi connectivity index (χ1n) is 9.63. The summed E-state index contributed by atoms with van der Waals surface area (Å²) in [7, 11) is 1.85. The van der Waals surface area contributed by atoms with Crippen molar-refractivity contribution in [1.82, 2.24) is 24.6 Å². The maximum atomic E-state index is 13.4. The molecule has 0 spiro atoms. The Morgan fingerprint density at radius 1 is 1.43 bits per heavy atom. The molecule has 3 aromatic rings. The van der Waals surface area contributed by atoms with E-state index in [0.29, 0.717) is 12.5 Å². The third-order valence-electron chi connectivity index (χ3n) is 5.45. The number of aromatic amines is 1. The summed E-state index contributed by atoms with van der Waals surface area (Å²) in [6, 6.07) is 4.60. The molecule has 0 saturated carbocycles. The zero-order valence-electron chi connectivity index (χ0n) is 16.2. The molecule has 1 fully saturated rings. The lowest BCUT2D eigenvalue weighted by molar-refractivity contribution is -0.117. The fourth-order valence-corrected chi connectivity index (χ4v) is 3.88. The number of nitrogens with one attached hydrogen (secondary N) is 2. The highest BCUT2D eigenvalue weighted by atomic mass is 19.1. The summed E-state index contributed by atoms with van der Waals surface area (Å²) in [4.78, 5) is 22.4. The number of carbonyl (C=O) groups is 1. The molecule has 1 aliphatic rings. The standard InChI is InChI=1S/C20H25FN6O/c1-13-18(10-22-26(13)2)25-20(28)12-27-7-3-4-14(11-27)8-19-23-16-6-5-15(21)9-17(16)24-19/h5-6,9-10,14H,3-4,7-8,11-12H2,1-2H3,(H,23,24)(H,25,28)/t14-/m0/s1. The number of likely N-dealkylation sites (tertiary alicyclic amines) is 1. The quantitative estimate of drug-likeness (QED) is 0.709. The molecule has 0 radical (unpaired) electrons. The zero-order chi connectivity index (χ0) is 19.7. The molecule has 148 valence electrons. The second kappa shape index (κ2) is 7.71. The number of benzene rings is 1. The summed E-state index contributed by atoms with van der Waals surface area (Å²) in [6.45, 7) is 4.07. The van der Waals surface area contributed by atoms with Gasteiger partial charge in [-0.2, -0.15) is 5.10 Å². The minimum atomic E-state index is -0.263. The van der Waals surface area contributed by atoms with Crippen LogP contribution in [0.3, 0.4) is 0 Å². The summed E-state index contributed by atoms with van der Waals surface area (Å²) in [5, 5.41) is 7.10. The van der Waals surface area contributed by atoms with Crippen molar-refractivity contribution in [2.24, 2.45) is 13.0 Å². The van der Waals surface area contributed by atoms with Crippen molar-refractivity contribution in [3.05, 3.63) is 41.7 Å². The highest BCUT2D eigenvalue weighted by Gasteiger charge is 2.23.